The Morgan fingerprint density at radius 2 is 1.87 bits per heavy atom. The number of rotatable bonds is 1. The second kappa shape index (κ2) is 3.93. The van der Waals surface area contributed by atoms with Crippen molar-refractivity contribution in [2.24, 2.45) is 11.8 Å². The molecule has 2 atom stereocenters. The summed E-state index contributed by atoms with van der Waals surface area (Å²) in [6, 6.07) is 5.84. The summed E-state index contributed by atoms with van der Waals surface area (Å²) >= 11 is 6.01. The average Bonchev–Trinajstić information content (AvgIpc) is 2.51. The highest BCUT2D eigenvalue weighted by Gasteiger charge is 2.27. The highest BCUT2D eigenvalue weighted by Crippen LogP contribution is 2.34. The van der Waals surface area contributed by atoms with Crippen molar-refractivity contribution in [2.45, 2.75) is 13.8 Å². The maximum atomic E-state index is 6.01. The maximum Gasteiger partial charge on any atom is 0.0741 e. The van der Waals surface area contributed by atoms with Crippen molar-refractivity contribution in [1.29, 1.82) is 0 Å². The summed E-state index contributed by atoms with van der Waals surface area (Å²) in [5.41, 5.74) is 7.77. The van der Waals surface area contributed by atoms with Crippen molar-refractivity contribution in [3.63, 3.8) is 0 Å². The first-order valence-electron chi connectivity index (χ1n) is 5.38. The summed E-state index contributed by atoms with van der Waals surface area (Å²) in [7, 11) is 0. The molecule has 1 aliphatic rings. The van der Waals surface area contributed by atoms with Crippen molar-refractivity contribution >= 4 is 23.0 Å². The minimum Gasteiger partial charge on any atom is -0.396 e. The SMILES string of the molecule is CC1CN(c2cccc(Cl)c2N)CC1C. The van der Waals surface area contributed by atoms with Crippen LogP contribution in [0.5, 0.6) is 0 Å². The van der Waals surface area contributed by atoms with Crippen molar-refractivity contribution < 1.29 is 0 Å². The number of nitrogen functional groups attached to an aromatic ring is 1. The van der Waals surface area contributed by atoms with Crippen LogP contribution < -0.4 is 10.6 Å². The smallest absolute Gasteiger partial charge is 0.0741 e. The van der Waals surface area contributed by atoms with Gasteiger partial charge in [0.25, 0.3) is 0 Å². The normalized spacial score (nSPS) is 25.9. The molecule has 82 valence electrons. The fourth-order valence-corrected chi connectivity index (χ4v) is 2.30. The minimum atomic E-state index is 0.653. The van der Waals surface area contributed by atoms with Crippen molar-refractivity contribution in [3.05, 3.63) is 23.2 Å². The van der Waals surface area contributed by atoms with Gasteiger partial charge in [0.1, 0.15) is 0 Å². The Hall–Kier alpha value is -0.890. The van der Waals surface area contributed by atoms with Gasteiger partial charge in [0.2, 0.25) is 0 Å². The van der Waals surface area contributed by atoms with Crippen molar-refractivity contribution in [2.75, 3.05) is 23.7 Å². The molecule has 0 radical (unpaired) electrons. The first kappa shape index (κ1) is 10.6. The highest BCUT2D eigenvalue weighted by atomic mass is 35.5. The van der Waals surface area contributed by atoms with E-state index in [2.05, 4.69) is 18.7 Å². The molecule has 0 amide bonds. The Balaban J connectivity index is 2.27. The van der Waals surface area contributed by atoms with Crippen LogP contribution >= 0.6 is 11.6 Å². The molecule has 0 spiro atoms. The van der Waals surface area contributed by atoms with Crippen LogP contribution in [0.25, 0.3) is 0 Å². The molecule has 0 bridgehead atoms. The quantitative estimate of drug-likeness (QED) is 0.744. The van der Waals surface area contributed by atoms with E-state index < -0.39 is 0 Å². The first-order valence-corrected chi connectivity index (χ1v) is 5.76. The minimum absolute atomic E-state index is 0.653. The molecule has 1 aromatic rings. The molecule has 1 fully saturated rings. The van der Waals surface area contributed by atoms with Gasteiger partial charge in [-0.25, -0.2) is 0 Å². The van der Waals surface area contributed by atoms with E-state index in [-0.39, 0.29) is 0 Å². The van der Waals surface area contributed by atoms with Crippen LogP contribution in [0.15, 0.2) is 18.2 Å². The highest BCUT2D eigenvalue weighted by molar-refractivity contribution is 6.33. The van der Waals surface area contributed by atoms with Gasteiger partial charge in [0.15, 0.2) is 0 Å². The standard InChI is InChI=1S/C12H17ClN2/c1-8-6-15(7-9(8)2)11-5-3-4-10(13)12(11)14/h3-5,8-9H,6-7,14H2,1-2H3. The Kier molecular flexibility index (Phi) is 2.79. The number of hydrogen-bond donors (Lipinski definition) is 1. The topological polar surface area (TPSA) is 29.3 Å². The Morgan fingerprint density at radius 3 is 2.47 bits per heavy atom. The van der Waals surface area contributed by atoms with E-state index in [1.165, 1.54) is 0 Å². The molecule has 1 aromatic carbocycles. The summed E-state index contributed by atoms with van der Waals surface area (Å²) in [6.45, 7) is 6.72. The van der Waals surface area contributed by atoms with Crippen molar-refractivity contribution in [3.8, 4) is 0 Å². The lowest BCUT2D eigenvalue weighted by Crippen LogP contribution is -2.20. The van der Waals surface area contributed by atoms with E-state index in [4.69, 9.17) is 17.3 Å². The van der Waals surface area contributed by atoms with Gasteiger partial charge in [-0.3, -0.25) is 0 Å². The van der Waals surface area contributed by atoms with E-state index in [1.807, 2.05) is 18.2 Å². The summed E-state index contributed by atoms with van der Waals surface area (Å²) < 4.78 is 0. The predicted molar refractivity (Wildman–Crippen MR) is 66.4 cm³/mol. The summed E-state index contributed by atoms with van der Waals surface area (Å²) in [4.78, 5) is 2.33. The molecule has 0 aliphatic carbocycles. The lowest BCUT2D eigenvalue weighted by Gasteiger charge is -2.20. The zero-order chi connectivity index (χ0) is 11.0. The van der Waals surface area contributed by atoms with Gasteiger partial charge >= 0.3 is 0 Å². The molecule has 2 unspecified atom stereocenters. The second-order valence-corrected chi connectivity index (χ2v) is 4.94. The molecule has 1 saturated heterocycles. The molecule has 1 aliphatic heterocycles. The molecule has 1 heterocycles. The lowest BCUT2D eigenvalue weighted by molar-refractivity contribution is 0.494. The number of benzene rings is 1. The van der Waals surface area contributed by atoms with Crippen molar-refractivity contribution in [1.82, 2.24) is 0 Å². The molecule has 2 nitrogen and oxygen atoms in total. The molecular weight excluding hydrogens is 208 g/mol. The van der Waals surface area contributed by atoms with Crippen LogP contribution in [-0.2, 0) is 0 Å². The molecule has 0 aromatic heterocycles. The van der Waals surface area contributed by atoms with Gasteiger partial charge < -0.3 is 10.6 Å². The number of nitrogens with zero attached hydrogens (tertiary/aromatic N) is 1. The van der Waals surface area contributed by atoms with Crippen LogP contribution in [0.3, 0.4) is 0 Å². The Morgan fingerprint density at radius 1 is 1.27 bits per heavy atom. The molecular formula is C12H17ClN2. The second-order valence-electron chi connectivity index (χ2n) is 4.53. The molecule has 3 heteroatoms. The molecule has 2 rings (SSSR count). The largest absolute Gasteiger partial charge is 0.396 e. The lowest BCUT2D eigenvalue weighted by atomic mass is 10.0. The summed E-state index contributed by atoms with van der Waals surface area (Å²) in [6.07, 6.45) is 0. The summed E-state index contributed by atoms with van der Waals surface area (Å²) in [5, 5.41) is 0.653. The Labute approximate surface area is 96.0 Å². The van der Waals surface area contributed by atoms with E-state index in [0.717, 1.165) is 30.6 Å². The number of hydrogen-bond acceptors (Lipinski definition) is 2. The third-order valence-corrected chi connectivity index (χ3v) is 3.69. The van der Waals surface area contributed by atoms with Crippen LogP contribution in [0.2, 0.25) is 5.02 Å². The molecule has 2 N–H and O–H groups in total. The van der Waals surface area contributed by atoms with Crippen LogP contribution in [-0.4, -0.2) is 13.1 Å². The monoisotopic (exact) mass is 224 g/mol. The first-order chi connectivity index (χ1) is 7.09. The van der Waals surface area contributed by atoms with E-state index in [1.54, 1.807) is 0 Å². The van der Waals surface area contributed by atoms with E-state index >= 15 is 0 Å². The number of anilines is 2. The number of para-hydroxylation sites is 1. The zero-order valence-corrected chi connectivity index (χ0v) is 9.96. The van der Waals surface area contributed by atoms with Gasteiger partial charge in [0, 0.05) is 13.1 Å². The van der Waals surface area contributed by atoms with Gasteiger partial charge in [-0.15, -0.1) is 0 Å². The van der Waals surface area contributed by atoms with Gasteiger partial charge in [-0.1, -0.05) is 31.5 Å². The predicted octanol–water partition coefficient (Wildman–Crippen LogP) is 3.01. The fraction of sp³-hybridized carbons (Fsp3) is 0.500. The number of nitrogens with two attached hydrogens (primary N) is 1. The van der Waals surface area contributed by atoms with Gasteiger partial charge in [-0.05, 0) is 24.0 Å². The molecule has 0 saturated carbocycles. The zero-order valence-electron chi connectivity index (χ0n) is 9.20. The van der Waals surface area contributed by atoms with Crippen LogP contribution in [0.4, 0.5) is 11.4 Å². The van der Waals surface area contributed by atoms with Gasteiger partial charge in [-0.2, -0.15) is 0 Å². The maximum absolute atomic E-state index is 6.01. The van der Waals surface area contributed by atoms with Gasteiger partial charge in [0.05, 0.1) is 16.4 Å². The molecule has 15 heavy (non-hydrogen) atoms. The van der Waals surface area contributed by atoms with Crippen LogP contribution in [0.1, 0.15) is 13.8 Å². The van der Waals surface area contributed by atoms with Crippen LogP contribution in [0, 0.1) is 11.8 Å². The van der Waals surface area contributed by atoms with E-state index in [0.29, 0.717) is 10.7 Å². The average molecular weight is 225 g/mol. The number of halogens is 1. The fourth-order valence-electron chi connectivity index (χ4n) is 2.13. The van der Waals surface area contributed by atoms with E-state index in [9.17, 15) is 0 Å². The third kappa shape index (κ3) is 1.91. The third-order valence-electron chi connectivity index (χ3n) is 3.36. The summed E-state index contributed by atoms with van der Waals surface area (Å²) in [5.74, 6) is 1.45. The Bertz CT molecular complexity index is 355.